The average Bonchev–Trinajstić information content (AvgIpc) is 2.65. The Morgan fingerprint density at radius 1 is 1.36 bits per heavy atom. The van der Waals surface area contributed by atoms with Crippen molar-refractivity contribution >= 4 is 5.91 Å². The molecule has 1 aromatic heterocycles. The minimum Gasteiger partial charge on any atom is -0.372 e. The number of carbonyl (C=O) groups excluding carboxylic acids is 1. The maximum Gasteiger partial charge on any atom is 0.249 e. The molecule has 25 heavy (non-hydrogen) atoms. The van der Waals surface area contributed by atoms with Gasteiger partial charge in [-0.2, -0.15) is 0 Å². The number of likely N-dealkylation sites (tertiary alicyclic amines) is 1. The van der Waals surface area contributed by atoms with E-state index in [-0.39, 0.29) is 17.6 Å². The van der Waals surface area contributed by atoms with E-state index in [0.717, 1.165) is 43.4 Å². The summed E-state index contributed by atoms with van der Waals surface area (Å²) in [5.41, 5.74) is 1.76. The molecule has 3 heterocycles. The first-order chi connectivity index (χ1) is 12.2. The van der Waals surface area contributed by atoms with E-state index in [0.29, 0.717) is 26.3 Å². The molecule has 5 heteroatoms. The Hall–Kier alpha value is -1.72. The zero-order valence-corrected chi connectivity index (χ0v) is 14.7. The summed E-state index contributed by atoms with van der Waals surface area (Å²) in [6.07, 6.45) is 10.2. The third kappa shape index (κ3) is 3.77. The summed E-state index contributed by atoms with van der Waals surface area (Å²) >= 11 is 0. The number of hydrogen-bond donors (Lipinski definition) is 0. The van der Waals surface area contributed by atoms with Crippen LogP contribution in [0.3, 0.4) is 0 Å². The third-order valence-corrected chi connectivity index (χ3v) is 5.45. The van der Waals surface area contributed by atoms with Crippen molar-refractivity contribution in [2.75, 3.05) is 19.7 Å². The predicted molar refractivity (Wildman–Crippen MR) is 93.9 cm³/mol. The van der Waals surface area contributed by atoms with Crippen LogP contribution in [0, 0.1) is 0 Å². The van der Waals surface area contributed by atoms with Gasteiger partial charge in [-0.3, -0.25) is 9.78 Å². The van der Waals surface area contributed by atoms with Gasteiger partial charge in [0.1, 0.15) is 5.60 Å². The van der Waals surface area contributed by atoms with Gasteiger partial charge in [0, 0.05) is 24.8 Å². The molecule has 1 aromatic rings. The van der Waals surface area contributed by atoms with Gasteiger partial charge < -0.3 is 14.4 Å². The number of rotatable bonds is 4. The van der Waals surface area contributed by atoms with Gasteiger partial charge in [-0.1, -0.05) is 12.1 Å². The highest BCUT2D eigenvalue weighted by Gasteiger charge is 2.49. The van der Waals surface area contributed by atoms with Crippen LogP contribution in [0.25, 0.3) is 0 Å². The lowest BCUT2D eigenvalue weighted by Crippen LogP contribution is -2.67. The molecule has 0 bridgehead atoms. The summed E-state index contributed by atoms with van der Waals surface area (Å²) in [6, 6.07) is 5.87. The van der Waals surface area contributed by atoms with Crippen LogP contribution in [0.4, 0.5) is 0 Å². The standard InChI is InChI=1S/C20H26N2O3/c23-19(16-6-2-1-3-7-16)22-14-20(15-22)12-18(9-11-25-20)24-13-17-8-4-5-10-21-17/h4-6,8,10,18H,1-3,7,9,11-15H2/t18-/m1/s1. The Bertz CT molecular complexity index is 638. The highest BCUT2D eigenvalue weighted by atomic mass is 16.5. The molecule has 1 spiro atoms. The van der Waals surface area contributed by atoms with Crippen LogP contribution in [0.5, 0.6) is 0 Å². The van der Waals surface area contributed by atoms with Crippen molar-refractivity contribution in [3.05, 3.63) is 41.7 Å². The summed E-state index contributed by atoms with van der Waals surface area (Å²) in [5.74, 6) is 0.213. The van der Waals surface area contributed by atoms with Crippen LogP contribution in [-0.2, 0) is 20.9 Å². The number of carbonyl (C=O) groups is 1. The fraction of sp³-hybridized carbons (Fsp3) is 0.600. The molecule has 0 radical (unpaired) electrons. The van der Waals surface area contributed by atoms with Gasteiger partial charge in [-0.15, -0.1) is 0 Å². The lowest BCUT2D eigenvalue weighted by molar-refractivity contribution is -0.200. The number of allylic oxidation sites excluding steroid dienone is 1. The Labute approximate surface area is 149 Å². The summed E-state index contributed by atoms with van der Waals surface area (Å²) in [4.78, 5) is 18.8. The topological polar surface area (TPSA) is 51.7 Å². The van der Waals surface area contributed by atoms with Gasteiger partial charge in [0.2, 0.25) is 5.91 Å². The molecule has 0 saturated carbocycles. The fourth-order valence-electron chi connectivity index (χ4n) is 4.06. The van der Waals surface area contributed by atoms with Crippen LogP contribution in [-0.4, -0.2) is 47.2 Å². The molecule has 1 amide bonds. The van der Waals surface area contributed by atoms with E-state index in [1.54, 1.807) is 6.20 Å². The minimum absolute atomic E-state index is 0.182. The molecule has 1 aliphatic carbocycles. The quantitative estimate of drug-likeness (QED) is 0.844. The normalized spacial score (nSPS) is 25.4. The SMILES string of the molecule is O=C(C1=CCCCC1)N1CC2(C[C@H](OCc3ccccn3)CCO2)C1. The third-order valence-electron chi connectivity index (χ3n) is 5.45. The van der Waals surface area contributed by atoms with Gasteiger partial charge in [0.05, 0.1) is 31.5 Å². The number of pyridine rings is 1. The van der Waals surface area contributed by atoms with Crippen molar-refractivity contribution in [2.45, 2.75) is 56.8 Å². The highest BCUT2D eigenvalue weighted by Crippen LogP contribution is 2.36. The molecule has 134 valence electrons. The van der Waals surface area contributed by atoms with Crippen molar-refractivity contribution < 1.29 is 14.3 Å². The maximum atomic E-state index is 12.6. The van der Waals surface area contributed by atoms with Crippen LogP contribution in [0.2, 0.25) is 0 Å². The van der Waals surface area contributed by atoms with E-state index in [9.17, 15) is 4.79 Å². The van der Waals surface area contributed by atoms with Crippen molar-refractivity contribution in [1.82, 2.24) is 9.88 Å². The highest BCUT2D eigenvalue weighted by molar-refractivity contribution is 5.94. The van der Waals surface area contributed by atoms with Crippen LogP contribution in [0.1, 0.15) is 44.2 Å². The van der Waals surface area contributed by atoms with Crippen molar-refractivity contribution in [3.63, 3.8) is 0 Å². The average molecular weight is 342 g/mol. The van der Waals surface area contributed by atoms with E-state index in [4.69, 9.17) is 9.47 Å². The summed E-state index contributed by atoms with van der Waals surface area (Å²) in [7, 11) is 0. The Morgan fingerprint density at radius 2 is 2.28 bits per heavy atom. The van der Waals surface area contributed by atoms with Crippen LogP contribution >= 0.6 is 0 Å². The van der Waals surface area contributed by atoms with Gasteiger partial charge in [-0.25, -0.2) is 0 Å². The molecule has 2 saturated heterocycles. The monoisotopic (exact) mass is 342 g/mol. The lowest BCUT2D eigenvalue weighted by atomic mass is 9.83. The molecular weight excluding hydrogens is 316 g/mol. The van der Waals surface area contributed by atoms with Crippen LogP contribution < -0.4 is 0 Å². The Kier molecular flexibility index (Phi) is 4.86. The number of amides is 1. The maximum absolute atomic E-state index is 12.6. The molecule has 2 aliphatic heterocycles. The molecule has 1 atom stereocenters. The summed E-state index contributed by atoms with van der Waals surface area (Å²) in [6.45, 7) is 2.65. The first kappa shape index (κ1) is 16.7. The number of ether oxygens (including phenoxy) is 2. The van der Waals surface area contributed by atoms with Crippen molar-refractivity contribution in [1.29, 1.82) is 0 Å². The lowest BCUT2D eigenvalue weighted by Gasteiger charge is -2.53. The fourth-order valence-corrected chi connectivity index (χ4v) is 4.06. The number of hydrogen-bond acceptors (Lipinski definition) is 4. The second kappa shape index (κ2) is 7.26. The summed E-state index contributed by atoms with van der Waals surface area (Å²) < 4.78 is 12.1. The van der Waals surface area contributed by atoms with Gasteiger partial charge in [-0.05, 0) is 44.2 Å². The Balaban J connectivity index is 1.29. The van der Waals surface area contributed by atoms with Crippen molar-refractivity contribution in [3.8, 4) is 0 Å². The van der Waals surface area contributed by atoms with Gasteiger partial charge in [0.15, 0.2) is 0 Å². The number of aromatic nitrogens is 1. The first-order valence-corrected chi connectivity index (χ1v) is 9.38. The van der Waals surface area contributed by atoms with Gasteiger partial charge in [0.25, 0.3) is 0 Å². The molecule has 0 N–H and O–H groups in total. The minimum atomic E-state index is -0.197. The molecule has 0 aromatic carbocycles. The molecule has 4 rings (SSSR count). The molecule has 5 nitrogen and oxygen atoms in total. The van der Waals surface area contributed by atoms with E-state index in [1.807, 2.05) is 23.1 Å². The predicted octanol–water partition coefficient (Wildman–Crippen LogP) is 2.86. The first-order valence-electron chi connectivity index (χ1n) is 9.38. The zero-order chi connectivity index (χ0) is 17.1. The van der Waals surface area contributed by atoms with Crippen LogP contribution in [0.15, 0.2) is 36.0 Å². The second-order valence-electron chi connectivity index (χ2n) is 7.41. The molecule has 2 fully saturated rings. The second-order valence-corrected chi connectivity index (χ2v) is 7.41. The van der Waals surface area contributed by atoms with Gasteiger partial charge >= 0.3 is 0 Å². The Morgan fingerprint density at radius 3 is 3.04 bits per heavy atom. The largest absolute Gasteiger partial charge is 0.372 e. The molecule has 0 unspecified atom stereocenters. The number of nitrogens with zero attached hydrogens (tertiary/aromatic N) is 2. The van der Waals surface area contributed by atoms with E-state index >= 15 is 0 Å². The van der Waals surface area contributed by atoms with E-state index in [2.05, 4.69) is 11.1 Å². The molecular formula is C20H26N2O3. The smallest absolute Gasteiger partial charge is 0.249 e. The molecule has 3 aliphatic rings. The zero-order valence-electron chi connectivity index (χ0n) is 14.7. The van der Waals surface area contributed by atoms with E-state index in [1.165, 1.54) is 6.42 Å². The summed E-state index contributed by atoms with van der Waals surface area (Å²) in [5, 5.41) is 0. The van der Waals surface area contributed by atoms with E-state index < -0.39 is 0 Å². The van der Waals surface area contributed by atoms with Crippen molar-refractivity contribution in [2.24, 2.45) is 0 Å².